The zero-order chi connectivity index (χ0) is 52.2. The molecule has 3 heteroatoms. The molecular formula is C73H63N3. The average molecular weight is 982 g/mol. The Hall–Kier alpha value is -9.18. The molecule has 0 spiro atoms. The SMILES string of the molecule is C=CC=C.CC.CC1(C)c2ccccc2-c2cc(N(c3ccc(-c4ccc(N(c5ccccc5)c5ccccc5)cc4)cc3)c3ccc(-c4ccc5c(c4)c4c6ccccc6ccc4n5C4=CC=CCC4)cc3)ccc21. The fourth-order valence-electron chi connectivity index (χ4n) is 11.4. The quantitative estimate of drug-likeness (QED) is 0.127. The molecule has 76 heavy (non-hydrogen) atoms. The van der Waals surface area contributed by atoms with E-state index >= 15 is 0 Å². The molecule has 2 aliphatic rings. The van der Waals surface area contributed by atoms with E-state index in [0.717, 1.165) is 47.0 Å². The van der Waals surface area contributed by atoms with Gasteiger partial charge < -0.3 is 14.4 Å². The number of benzene rings is 10. The maximum atomic E-state index is 3.36. The summed E-state index contributed by atoms with van der Waals surface area (Å²) >= 11 is 0. The van der Waals surface area contributed by atoms with Gasteiger partial charge in [-0.1, -0.05) is 205 Å². The molecule has 0 radical (unpaired) electrons. The summed E-state index contributed by atoms with van der Waals surface area (Å²) in [5.74, 6) is 0. The smallest absolute Gasteiger partial charge is 0.0544 e. The van der Waals surface area contributed by atoms with Gasteiger partial charge in [-0.15, -0.1) is 0 Å². The van der Waals surface area contributed by atoms with Crippen molar-refractivity contribution < 1.29 is 0 Å². The van der Waals surface area contributed by atoms with E-state index in [4.69, 9.17) is 0 Å². The molecule has 0 N–H and O–H groups in total. The van der Waals surface area contributed by atoms with Crippen LogP contribution in [-0.2, 0) is 5.41 Å². The van der Waals surface area contributed by atoms with Gasteiger partial charge in [0.2, 0.25) is 0 Å². The number of rotatable bonds is 10. The fraction of sp³-hybridized carbons (Fsp3) is 0.0959. The van der Waals surface area contributed by atoms with Crippen LogP contribution in [0.1, 0.15) is 51.7 Å². The van der Waals surface area contributed by atoms with Crippen molar-refractivity contribution in [2.45, 2.75) is 46.0 Å². The number of aromatic nitrogens is 1. The van der Waals surface area contributed by atoms with Crippen LogP contribution in [0.25, 0.3) is 71.7 Å². The molecule has 0 saturated carbocycles. The molecule has 0 saturated heterocycles. The second-order valence-electron chi connectivity index (χ2n) is 19.7. The van der Waals surface area contributed by atoms with Crippen LogP contribution in [0.5, 0.6) is 0 Å². The number of fused-ring (bicyclic) bond motifs is 8. The van der Waals surface area contributed by atoms with Crippen molar-refractivity contribution in [2.24, 2.45) is 0 Å². The molecule has 0 amide bonds. The predicted molar refractivity (Wildman–Crippen MR) is 329 cm³/mol. The monoisotopic (exact) mass is 982 g/mol. The van der Waals surface area contributed by atoms with Crippen LogP contribution in [0.2, 0.25) is 0 Å². The summed E-state index contributed by atoms with van der Waals surface area (Å²) < 4.78 is 2.49. The highest BCUT2D eigenvalue weighted by Crippen LogP contribution is 2.51. The molecule has 3 nitrogen and oxygen atoms in total. The molecule has 10 aromatic carbocycles. The summed E-state index contributed by atoms with van der Waals surface area (Å²) in [4.78, 5) is 4.72. The van der Waals surface area contributed by atoms with Crippen molar-refractivity contribution in [3.8, 4) is 33.4 Å². The lowest BCUT2D eigenvalue weighted by atomic mass is 9.82. The highest BCUT2D eigenvalue weighted by molar-refractivity contribution is 6.22. The van der Waals surface area contributed by atoms with E-state index < -0.39 is 0 Å². The van der Waals surface area contributed by atoms with Crippen LogP contribution < -0.4 is 9.80 Å². The Morgan fingerprint density at radius 1 is 0.434 bits per heavy atom. The molecular weight excluding hydrogens is 919 g/mol. The van der Waals surface area contributed by atoms with Crippen LogP contribution in [0.15, 0.2) is 274 Å². The lowest BCUT2D eigenvalue weighted by Crippen LogP contribution is -2.15. The first-order valence-corrected chi connectivity index (χ1v) is 26.7. The Bertz CT molecular complexity index is 3880. The van der Waals surface area contributed by atoms with E-state index in [1.54, 1.807) is 12.2 Å². The molecule has 13 rings (SSSR count). The van der Waals surface area contributed by atoms with Crippen LogP contribution in [0.4, 0.5) is 34.1 Å². The van der Waals surface area contributed by atoms with Gasteiger partial charge >= 0.3 is 0 Å². The molecule has 0 bridgehead atoms. The Morgan fingerprint density at radius 2 is 0.921 bits per heavy atom. The zero-order valence-electron chi connectivity index (χ0n) is 44.0. The first-order chi connectivity index (χ1) is 37.4. The third-order valence-electron chi connectivity index (χ3n) is 15.0. The molecule has 2 aliphatic carbocycles. The maximum Gasteiger partial charge on any atom is 0.0544 e. The van der Waals surface area contributed by atoms with Crippen molar-refractivity contribution in [3.63, 3.8) is 0 Å². The Labute approximate surface area is 449 Å². The van der Waals surface area contributed by atoms with Crippen LogP contribution in [-0.4, -0.2) is 4.57 Å². The minimum Gasteiger partial charge on any atom is -0.313 e. The molecule has 1 aromatic heterocycles. The maximum absolute atomic E-state index is 3.36. The van der Waals surface area contributed by atoms with E-state index in [9.17, 15) is 0 Å². The lowest BCUT2D eigenvalue weighted by Gasteiger charge is -2.27. The number of hydrogen-bond acceptors (Lipinski definition) is 2. The molecule has 1 heterocycles. The van der Waals surface area contributed by atoms with E-state index in [1.807, 2.05) is 13.8 Å². The molecule has 370 valence electrons. The summed E-state index contributed by atoms with van der Waals surface area (Å²) in [5.41, 5.74) is 20.6. The largest absolute Gasteiger partial charge is 0.313 e. The minimum atomic E-state index is -0.0720. The van der Waals surface area contributed by atoms with Crippen LogP contribution in [0, 0.1) is 0 Å². The lowest BCUT2D eigenvalue weighted by molar-refractivity contribution is 0.660. The highest BCUT2D eigenvalue weighted by Gasteiger charge is 2.35. The van der Waals surface area contributed by atoms with Crippen molar-refractivity contribution in [1.29, 1.82) is 0 Å². The normalized spacial score (nSPS) is 12.9. The van der Waals surface area contributed by atoms with Crippen LogP contribution in [0.3, 0.4) is 0 Å². The van der Waals surface area contributed by atoms with Gasteiger partial charge in [-0.3, -0.25) is 0 Å². The van der Waals surface area contributed by atoms with Crippen LogP contribution >= 0.6 is 0 Å². The van der Waals surface area contributed by atoms with Crippen molar-refractivity contribution in [2.75, 3.05) is 9.80 Å². The van der Waals surface area contributed by atoms with Crippen molar-refractivity contribution in [3.05, 3.63) is 285 Å². The van der Waals surface area contributed by atoms with Gasteiger partial charge in [-0.05, 0) is 165 Å². The fourth-order valence-corrected chi connectivity index (χ4v) is 11.4. The summed E-state index contributed by atoms with van der Waals surface area (Å²) in [6, 6.07) is 84.8. The van der Waals surface area contributed by atoms with Gasteiger partial charge in [-0.25, -0.2) is 0 Å². The Morgan fingerprint density at radius 3 is 1.51 bits per heavy atom. The van der Waals surface area contributed by atoms with E-state index in [0.29, 0.717) is 0 Å². The molecule has 11 aromatic rings. The number of para-hydroxylation sites is 2. The van der Waals surface area contributed by atoms with E-state index in [1.165, 1.54) is 82.8 Å². The molecule has 0 aliphatic heterocycles. The third-order valence-corrected chi connectivity index (χ3v) is 15.0. The topological polar surface area (TPSA) is 11.4 Å². The second-order valence-corrected chi connectivity index (χ2v) is 19.7. The third kappa shape index (κ3) is 9.05. The van der Waals surface area contributed by atoms with Gasteiger partial charge in [0, 0.05) is 56.0 Å². The molecule has 0 unspecified atom stereocenters. The number of nitrogens with zero attached hydrogens (tertiary/aromatic N) is 3. The number of anilines is 6. The minimum absolute atomic E-state index is 0.0720. The summed E-state index contributed by atoms with van der Waals surface area (Å²) in [5, 5.41) is 5.15. The van der Waals surface area contributed by atoms with Gasteiger partial charge in [0.05, 0.1) is 11.0 Å². The molecule has 0 atom stereocenters. The number of allylic oxidation sites excluding steroid dienone is 6. The first-order valence-electron chi connectivity index (χ1n) is 26.7. The summed E-state index contributed by atoms with van der Waals surface area (Å²) in [7, 11) is 0. The Kier molecular flexibility index (Phi) is 13.8. The molecule has 0 fully saturated rings. The van der Waals surface area contributed by atoms with Crippen molar-refractivity contribution in [1.82, 2.24) is 4.57 Å². The first kappa shape index (κ1) is 49.1. The van der Waals surface area contributed by atoms with Gasteiger partial charge in [0.1, 0.15) is 0 Å². The van der Waals surface area contributed by atoms with Gasteiger partial charge in [0.25, 0.3) is 0 Å². The average Bonchev–Trinajstić information content (AvgIpc) is 3.95. The zero-order valence-corrected chi connectivity index (χ0v) is 44.0. The summed E-state index contributed by atoms with van der Waals surface area (Å²) in [6.07, 6.45) is 12.1. The second kappa shape index (κ2) is 21.3. The van der Waals surface area contributed by atoms with Gasteiger partial charge in [0.15, 0.2) is 0 Å². The predicted octanol–water partition coefficient (Wildman–Crippen LogP) is 21.1. The standard InChI is InChI=1S/C67H51N3.C4H6.C2H6/c1-67(2)62-25-15-14-24-59(62)60-45-57(40-41-63(60)67)69(55-36-28-47(29-37-55)46-26-34-54(35-27-46)68(51-17-6-3-7-18-51)52-19-8-4-9-20-52)56-38-30-48(31-39-56)50-33-42-64-61(44-50)66-58-23-13-12-16-49(58)32-43-65(66)70(64)53-21-10-5-11-22-53;1-3-4-2;1-2/h3-10,12-21,23-45H,11,22H2,1-2H3;3-4H,1-2H2;1-2H3. The number of hydrogen-bond donors (Lipinski definition) is 0. The highest BCUT2D eigenvalue weighted by atomic mass is 15.1. The van der Waals surface area contributed by atoms with Crippen molar-refractivity contribution >= 4 is 72.4 Å². The van der Waals surface area contributed by atoms with Gasteiger partial charge in [-0.2, -0.15) is 0 Å². The summed E-state index contributed by atoms with van der Waals surface area (Å²) in [6.45, 7) is 15.4. The van der Waals surface area contributed by atoms with E-state index in [-0.39, 0.29) is 5.41 Å². The Balaban J connectivity index is 0.000000983. The van der Waals surface area contributed by atoms with E-state index in [2.05, 4.69) is 290 Å².